The van der Waals surface area contributed by atoms with E-state index in [9.17, 15) is 0 Å². The first-order valence-corrected chi connectivity index (χ1v) is 5.93. The summed E-state index contributed by atoms with van der Waals surface area (Å²) < 4.78 is 10.5. The largest absolute Gasteiger partial charge is 0.493 e. The second-order valence-electron chi connectivity index (χ2n) is 4.01. The van der Waals surface area contributed by atoms with Crippen molar-refractivity contribution in [2.45, 2.75) is 6.92 Å². The van der Waals surface area contributed by atoms with Crippen LogP contribution in [0.5, 0.6) is 11.5 Å². The molecule has 0 bridgehead atoms. The smallest absolute Gasteiger partial charge is 0.222 e. The molecule has 0 aliphatic heterocycles. The van der Waals surface area contributed by atoms with E-state index in [1.54, 1.807) is 27.5 Å². The van der Waals surface area contributed by atoms with Crippen molar-refractivity contribution in [1.82, 2.24) is 9.97 Å². The molecule has 0 atom stereocenters. The van der Waals surface area contributed by atoms with Crippen molar-refractivity contribution in [3.63, 3.8) is 0 Å². The van der Waals surface area contributed by atoms with Crippen molar-refractivity contribution in [1.29, 1.82) is 0 Å². The van der Waals surface area contributed by atoms with Gasteiger partial charge < -0.3 is 14.8 Å². The van der Waals surface area contributed by atoms with Crippen molar-refractivity contribution in [2.75, 3.05) is 26.6 Å². The molecule has 5 heteroatoms. The first-order chi connectivity index (χ1) is 9.19. The van der Waals surface area contributed by atoms with Gasteiger partial charge in [-0.2, -0.15) is 0 Å². The molecule has 0 radical (unpaired) electrons. The van der Waals surface area contributed by atoms with Crippen LogP contribution in [0.3, 0.4) is 0 Å². The van der Waals surface area contributed by atoms with E-state index in [-0.39, 0.29) is 0 Å². The van der Waals surface area contributed by atoms with Gasteiger partial charge in [-0.15, -0.1) is 0 Å². The Kier molecular flexibility index (Phi) is 3.85. The molecule has 2 rings (SSSR count). The van der Waals surface area contributed by atoms with Gasteiger partial charge in [-0.3, -0.25) is 0 Å². The fourth-order valence-corrected chi connectivity index (χ4v) is 1.87. The molecular weight excluding hydrogens is 242 g/mol. The maximum atomic E-state index is 5.30. The number of anilines is 1. The lowest BCUT2D eigenvalue weighted by molar-refractivity contribution is 0.355. The minimum atomic E-state index is 0.613. The number of hydrogen-bond donors (Lipinski definition) is 1. The van der Waals surface area contributed by atoms with E-state index < -0.39 is 0 Å². The molecule has 1 aromatic heterocycles. The van der Waals surface area contributed by atoms with Crippen LogP contribution in [0.4, 0.5) is 5.95 Å². The predicted molar refractivity (Wildman–Crippen MR) is 74.9 cm³/mol. The summed E-state index contributed by atoms with van der Waals surface area (Å²) in [4.78, 5) is 8.61. The number of aromatic nitrogens is 2. The van der Waals surface area contributed by atoms with Crippen LogP contribution < -0.4 is 14.8 Å². The Labute approximate surface area is 112 Å². The summed E-state index contributed by atoms with van der Waals surface area (Å²) in [6.07, 6.45) is 1.80. The highest BCUT2D eigenvalue weighted by Gasteiger charge is 2.09. The van der Waals surface area contributed by atoms with Crippen LogP contribution in [-0.4, -0.2) is 31.2 Å². The van der Waals surface area contributed by atoms with Gasteiger partial charge >= 0.3 is 0 Å². The third-order valence-electron chi connectivity index (χ3n) is 2.90. The Morgan fingerprint density at radius 2 is 1.84 bits per heavy atom. The average Bonchev–Trinajstić information content (AvgIpc) is 2.46. The molecule has 0 fully saturated rings. The van der Waals surface area contributed by atoms with Crippen LogP contribution >= 0.6 is 0 Å². The predicted octanol–water partition coefficient (Wildman–Crippen LogP) is 2.51. The molecule has 0 saturated heterocycles. The summed E-state index contributed by atoms with van der Waals surface area (Å²) >= 11 is 0. The number of nitrogens with one attached hydrogen (secondary N) is 1. The summed E-state index contributed by atoms with van der Waals surface area (Å²) in [7, 11) is 5.04. The number of methoxy groups -OCH3 is 2. The average molecular weight is 259 g/mol. The van der Waals surface area contributed by atoms with Gasteiger partial charge in [-0.25, -0.2) is 9.97 Å². The van der Waals surface area contributed by atoms with Gasteiger partial charge in [0.1, 0.15) is 0 Å². The molecular formula is C14H17N3O2. The Morgan fingerprint density at radius 3 is 2.42 bits per heavy atom. The normalized spacial score (nSPS) is 10.1. The van der Waals surface area contributed by atoms with Gasteiger partial charge in [-0.1, -0.05) is 6.07 Å². The van der Waals surface area contributed by atoms with Gasteiger partial charge in [0.05, 0.1) is 19.9 Å². The van der Waals surface area contributed by atoms with E-state index in [4.69, 9.17) is 9.47 Å². The Balaban J connectivity index is 2.47. The number of nitrogens with zero attached hydrogens (tertiary/aromatic N) is 2. The number of benzene rings is 1. The van der Waals surface area contributed by atoms with Crippen molar-refractivity contribution in [2.24, 2.45) is 0 Å². The van der Waals surface area contributed by atoms with Crippen LogP contribution in [0, 0.1) is 6.92 Å². The molecule has 0 aliphatic rings. The van der Waals surface area contributed by atoms with E-state index in [0.717, 1.165) is 16.8 Å². The zero-order chi connectivity index (χ0) is 13.8. The lowest BCUT2D eigenvalue weighted by atomic mass is 10.1. The lowest BCUT2D eigenvalue weighted by Gasteiger charge is -2.11. The summed E-state index contributed by atoms with van der Waals surface area (Å²) in [5.74, 6) is 2.01. The lowest BCUT2D eigenvalue weighted by Crippen LogP contribution is -1.99. The number of aryl methyl sites for hydroxylation is 1. The van der Waals surface area contributed by atoms with E-state index >= 15 is 0 Å². The van der Waals surface area contributed by atoms with Gasteiger partial charge in [0, 0.05) is 18.8 Å². The summed E-state index contributed by atoms with van der Waals surface area (Å²) in [5.41, 5.74) is 2.88. The van der Waals surface area contributed by atoms with Gasteiger partial charge in [0.25, 0.3) is 0 Å². The Morgan fingerprint density at radius 1 is 1.11 bits per heavy atom. The first-order valence-electron chi connectivity index (χ1n) is 5.93. The maximum absolute atomic E-state index is 5.30. The summed E-state index contributed by atoms with van der Waals surface area (Å²) in [5, 5.41) is 2.92. The van der Waals surface area contributed by atoms with Crippen molar-refractivity contribution in [3.8, 4) is 22.6 Å². The molecule has 19 heavy (non-hydrogen) atoms. The molecule has 2 aromatic rings. The van der Waals surface area contributed by atoms with Gasteiger partial charge in [0.2, 0.25) is 5.95 Å². The molecule has 0 aliphatic carbocycles. The molecule has 5 nitrogen and oxygen atoms in total. The second kappa shape index (κ2) is 5.56. The monoisotopic (exact) mass is 259 g/mol. The molecule has 0 unspecified atom stereocenters. The third-order valence-corrected chi connectivity index (χ3v) is 2.90. The third kappa shape index (κ3) is 2.59. The zero-order valence-corrected chi connectivity index (χ0v) is 11.5. The van der Waals surface area contributed by atoms with Crippen LogP contribution in [0.1, 0.15) is 5.69 Å². The van der Waals surface area contributed by atoms with Crippen LogP contribution in [0.2, 0.25) is 0 Å². The molecule has 0 saturated carbocycles. The second-order valence-corrected chi connectivity index (χ2v) is 4.01. The van der Waals surface area contributed by atoms with E-state index in [0.29, 0.717) is 17.4 Å². The minimum absolute atomic E-state index is 0.613. The van der Waals surface area contributed by atoms with E-state index in [1.165, 1.54) is 0 Å². The SMILES string of the molecule is CNc1ncc(-c2ccc(OC)c(OC)c2)c(C)n1. The number of ether oxygens (including phenoxy) is 2. The fraction of sp³-hybridized carbons (Fsp3) is 0.286. The van der Waals surface area contributed by atoms with E-state index in [1.807, 2.05) is 25.1 Å². The highest BCUT2D eigenvalue weighted by molar-refractivity contribution is 5.68. The first kappa shape index (κ1) is 13.1. The zero-order valence-electron chi connectivity index (χ0n) is 11.5. The molecule has 0 spiro atoms. The summed E-state index contributed by atoms with van der Waals surface area (Å²) in [6, 6.07) is 5.76. The van der Waals surface area contributed by atoms with Crippen LogP contribution in [-0.2, 0) is 0 Å². The van der Waals surface area contributed by atoms with Crippen LogP contribution in [0.15, 0.2) is 24.4 Å². The van der Waals surface area contributed by atoms with E-state index in [2.05, 4.69) is 15.3 Å². The molecule has 1 aromatic carbocycles. The van der Waals surface area contributed by atoms with Gasteiger partial charge in [0.15, 0.2) is 11.5 Å². The molecule has 1 N–H and O–H groups in total. The quantitative estimate of drug-likeness (QED) is 0.914. The summed E-state index contributed by atoms with van der Waals surface area (Å²) in [6.45, 7) is 1.95. The van der Waals surface area contributed by atoms with Gasteiger partial charge in [-0.05, 0) is 24.6 Å². The molecule has 100 valence electrons. The van der Waals surface area contributed by atoms with Crippen molar-refractivity contribution >= 4 is 5.95 Å². The van der Waals surface area contributed by atoms with Crippen molar-refractivity contribution in [3.05, 3.63) is 30.1 Å². The highest BCUT2D eigenvalue weighted by atomic mass is 16.5. The molecule has 1 heterocycles. The maximum Gasteiger partial charge on any atom is 0.222 e. The Hall–Kier alpha value is -2.30. The van der Waals surface area contributed by atoms with Crippen molar-refractivity contribution < 1.29 is 9.47 Å². The molecule has 0 amide bonds. The van der Waals surface area contributed by atoms with Crippen LogP contribution in [0.25, 0.3) is 11.1 Å². The minimum Gasteiger partial charge on any atom is -0.493 e. The standard InChI is InChI=1S/C14H17N3O2/c1-9-11(8-16-14(15-2)17-9)10-5-6-12(18-3)13(7-10)19-4/h5-8H,1-4H3,(H,15,16,17). The number of rotatable bonds is 4. The number of hydrogen-bond acceptors (Lipinski definition) is 5. The Bertz CT molecular complexity index is 585. The topological polar surface area (TPSA) is 56.3 Å². The fourth-order valence-electron chi connectivity index (χ4n) is 1.87. The highest BCUT2D eigenvalue weighted by Crippen LogP contribution is 2.32.